The molecule has 2 nitrogen and oxygen atoms in total. The van der Waals surface area contributed by atoms with Gasteiger partial charge in [0.15, 0.2) is 0 Å². The Morgan fingerprint density at radius 1 is 0.550 bits per heavy atom. The molecular weight excluding hydrogens is 268 g/mol. The summed E-state index contributed by atoms with van der Waals surface area (Å²) in [5.74, 6) is 0. The minimum Gasteiger partial charge on any atom is -0.344 e. The first-order valence-corrected chi connectivity index (χ1v) is 8.49. The van der Waals surface area contributed by atoms with Gasteiger partial charge in [-0.15, -0.1) is 12.4 Å². The van der Waals surface area contributed by atoms with Gasteiger partial charge in [-0.05, 0) is 33.0 Å². The van der Waals surface area contributed by atoms with E-state index in [1.165, 1.54) is 90.1 Å². The van der Waals surface area contributed by atoms with E-state index in [1.807, 2.05) is 0 Å². The number of hydrogen-bond donors (Lipinski definition) is 1. The molecule has 3 N–H and O–H groups in total. The van der Waals surface area contributed by atoms with Gasteiger partial charge in [0, 0.05) is 0 Å². The summed E-state index contributed by atoms with van der Waals surface area (Å²) in [6.45, 7) is 7.15. The van der Waals surface area contributed by atoms with Gasteiger partial charge in [0.25, 0.3) is 0 Å². The van der Waals surface area contributed by atoms with Crippen molar-refractivity contribution < 1.29 is 0 Å². The van der Waals surface area contributed by atoms with Crippen LogP contribution in [0.3, 0.4) is 0 Å². The van der Waals surface area contributed by atoms with E-state index in [4.69, 9.17) is 0 Å². The van der Waals surface area contributed by atoms with E-state index in [2.05, 4.69) is 25.8 Å². The summed E-state index contributed by atoms with van der Waals surface area (Å²) in [7, 11) is 2.27. The quantitative estimate of drug-likeness (QED) is 0.387. The minimum atomic E-state index is 0. The van der Waals surface area contributed by atoms with Gasteiger partial charge in [0.05, 0.1) is 0 Å². The Balaban J connectivity index is -0.00000144. The summed E-state index contributed by atoms with van der Waals surface area (Å²) in [6, 6.07) is 0. The van der Waals surface area contributed by atoms with Crippen molar-refractivity contribution in [3.63, 3.8) is 0 Å². The normalized spacial score (nSPS) is 10.2. The van der Waals surface area contributed by atoms with Crippen molar-refractivity contribution >= 4 is 12.4 Å². The fourth-order valence-corrected chi connectivity index (χ4v) is 2.41. The lowest BCUT2D eigenvalue weighted by Crippen LogP contribution is -2.20. The van der Waals surface area contributed by atoms with E-state index in [0.717, 1.165) is 0 Å². The maximum absolute atomic E-state index is 2.49. The van der Waals surface area contributed by atoms with Crippen molar-refractivity contribution in [3.8, 4) is 0 Å². The van der Waals surface area contributed by atoms with Crippen LogP contribution in [0.25, 0.3) is 0 Å². The standard InChI is InChI=1S/C17H37N.ClH.H3N/c1-4-6-8-9-10-11-12-13-14-15-17-18(3)16-7-5-2;;/h4-17H2,1-3H3;1H;1H3. The van der Waals surface area contributed by atoms with Crippen LogP contribution in [0.2, 0.25) is 0 Å². The summed E-state index contributed by atoms with van der Waals surface area (Å²) in [6.07, 6.45) is 17.1. The molecule has 126 valence electrons. The molecule has 0 unspecified atom stereocenters. The summed E-state index contributed by atoms with van der Waals surface area (Å²) < 4.78 is 0. The zero-order valence-corrected chi connectivity index (χ0v) is 15.3. The van der Waals surface area contributed by atoms with Crippen LogP contribution in [0.5, 0.6) is 0 Å². The van der Waals surface area contributed by atoms with E-state index in [0.29, 0.717) is 0 Å². The molecule has 20 heavy (non-hydrogen) atoms. The first-order chi connectivity index (χ1) is 8.81. The van der Waals surface area contributed by atoms with E-state index in [1.54, 1.807) is 0 Å². The largest absolute Gasteiger partial charge is 0.344 e. The van der Waals surface area contributed by atoms with Gasteiger partial charge >= 0.3 is 0 Å². The number of rotatable bonds is 14. The van der Waals surface area contributed by atoms with Gasteiger partial charge in [0.1, 0.15) is 0 Å². The smallest absolute Gasteiger partial charge is 0.00218 e. The summed E-state index contributed by atoms with van der Waals surface area (Å²) in [5, 5.41) is 0. The van der Waals surface area contributed by atoms with Crippen LogP contribution < -0.4 is 6.15 Å². The molecule has 0 aliphatic heterocycles. The lowest BCUT2D eigenvalue weighted by Gasteiger charge is -2.15. The maximum Gasteiger partial charge on any atom is -0.00218 e. The highest BCUT2D eigenvalue weighted by Crippen LogP contribution is 2.10. The van der Waals surface area contributed by atoms with Gasteiger partial charge in [0.2, 0.25) is 0 Å². The highest BCUT2D eigenvalue weighted by Gasteiger charge is 1.97. The Kier molecular flexibility index (Phi) is 27.1. The SMILES string of the molecule is CCCCCCCCCCCCN(C)CCCC.Cl.N. The van der Waals surface area contributed by atoms with Gasteiger partial charge in [-0.3, -0.25) is 0 Å². The molecule has 0 saturated heterocycles. The number of halogens is 1. The average molecular weight is 309 g/mol. The van der Waals surface area contributed by atoms with Crippen molar-refractivity contribution in [1.29, 1.82) is 0 Å². The topological polar surface area (TPSA) is 38.2 Å². The third-order valence-electron chi connectivity index (χ3n) is 3.79. The van der Waals surface area contributed by atoms with Crippen LogP contribution in [0.4, 0.5) is 0 Å². The summed E-state index contributed by atoms with van der Waals surface area (Å²) in [4.78, 5) is 2.49. The second-order valence-corrected chi connectivity index (χ2v) is 5.84. The third kappa shape index (κ3) is 20.5. The molecule has 0 atom stereocenters. The van der Waals surface area contributed by atoms with Crippen LogP contribution in [0.1, 0.15) is 90.9 Å². The Labute approximate surface area is 135 Å². The van der Waals surface area contributed by atoms with Crippen LogP contribution >= 0.6 is 12.4 Å². The molecule has 0 amide bonds. The Morgan fingerprint density at radius 3 is 1.35 bits per heavy atom. The monoisotopic (exact) mass is 308 g/mol. The summed E-state index contributed by atoms with van der Waals surface area (Å²) in [5.41, 5.74) is 0. The molecule has 0 heterocycles. The van der Waals surface area contributed by atoms with E-state index >= 15 is 0 Å². The van der Waals surface area contributed by atoms with Crippen molar-refractivity contribution in [3.05, 3.63) is 0 Å². The highest BCUT2D eigenvalue weighted by atomic mass is 35.5. The first kappa shape index (κ1) is 25.2. The Morgan fingerprint density at radius 2 is 0.900 bits per heavy atom. The van der Waals surface area contributed by atoms with Crippen LogP contribution in [0, 0.1) is 0 Å². The number of hydrogen-bond acceptors (Lipinski definition) is 2. The van der Waals surface area contributed by atoms with Crippen molar-refractivity contribution in [2.75, 3.05) is 20.1 Å². The van der Waals surface area contributed by atoms with Crippen molar-refractivity contribution in [2.24, 2.45) is 0 Å². The number of unbranched alkanes of at least 4 members (excludes halogenated alkanes) is 10. The van der Waals surface area contributed by atoms with E-state index in [-0.39, 0.29) is 18.6 Å². The molecule has 0 bridgehead atoms. The second-order valence-electron chi connectivity index (χ2n) is 5.84. The predicted octanol–water partition coefficient (Wildman–Crippen LogP) is 6.22. The fraction of sp³-hybridized carbons (Fsp3) is 1.00. The van der Waals surface area contributed by atoms with Crippen LogP contribution in [0.15, 0.2) is 0 Å². The molecule has 0 aromatic rings. The molecule has 0 aromatic carbocycles. The molecule has 0 rings (SSSR count). The second kappa shape index (κ2) is 21.5. The number of nitrogens with zero attached hydrogens (tertiary/aromatic N) is 1. The maximum atomic E-state index is 2.49. The third-order valence-corrected chi connectivity index (χ3v) is 3.79. The Bertz CT molecular complexity index is 154. The molecule has 0 aliphatic carbocycles. The molecule has 0 fully saturated rings. The lowest BCUT2D eigenvalue weighted by atomic mass is 10.1. The highest BCUT2D eigenvalue weighted by molar-refractivity contribution is 5.85. The first-order valence-electron chi connectivity index (χ1n) is 8.49. The Hall–Kier alpha value is 0.210. The molecule has 0 aromatic heterocycles. The van der Waals surface area contributed by atoms with Crippen LogP contribution in [-0.4, -0.2) is 25.0 Å². The molecule has 0 radical (unpaired) electrons. The molecule has 3 heteroatoms. The summed E-state index contributed by atoms with van der Waals surface area (Å²) >= 11 is 0. The minimum absolute atomic E-state index is 0. The molecule has 0 aliphatic rings. The lowest BCUT2D eigenvalue weighted by molar-refractivity contribution is 0.318. The van der Waals surface area contributed by atoms with E-state index in [9.17, 15) is 0 Å². The van der Waals surface area contributed by atoms with Crippen LogP contribution in [-0.2, 0) is 0 Å². The van der Waals surface area contributed by atoms with Crippen molar-refractivity contribution in [1.82, 2.24) is 11.1 Å². The van der Waals surface area contributed by atoms with Gasteiger partial charge < -0.3 is 11.1 Å². The molecule has 0 saturated carbocycles. The molecular formula is C17H41ClN2. The fourth-order valence-electron chi connectivity index (χ4n) is 2.41. The van der Waals surface area contributed by atoms with E-state index < -0.39 is 0 Å². The van der Waals surface area contributed by atoms with Gasteiger partial charge in [-0.1, -0.05) is 78.1 Å². The van der Waals surface area contributed by atoms with Gasteiger partial charge in [-0.25, -0.2) is 0 Å². The van der Waals surface area contributed by atoms with Gasteiger partial charge in [-0.2, -0.15) is 0 Å². The zero-order valence-electron chi connectivity index (χ0n) is 14.5. The zero-order chi connectivity index (χ0) is 13.5. The molecule has 0 spiro atoms. The average Bonchev–Trinajstić information content (AvgIpc) is 2.38. The van der Waals surface area contributed by atoms with Crippen molar-refractivity contribution in [2.45, 2.75) is 90.9 Å². The predicted molar refractivity (Wildman–Crippen MR) is 96.5 cm³/mol.